The minimum Gasteiger partial charge on any atom is -0.330 e. The highest BCUT2D eigenvalue weighted by Gasteiger charge is 2.34. The van der Waals surface area contributed by atoms with Crippen LogP contribution in [0.5, 0.6) is 0 Å². The second kappa shape index (κ2) is 6.36. The van der Waals surface area contributed by atoms with Crippen LogP contribution >= 0.6 is 0 Å². The second-order valence-corrected chi connectivity index (χ2v) is 6.03. The highest BCUT2D eigenvalue weighted by molar-refractivity contribution is 5.28. The fraction of sp³-hybridized carbons (Fsp3) is 0.625. The fourth-order valence-electron chi connectivity index (χ4n) is 3.26. The van der Waals surface area contributed by atoms with E-state index in [4.69, 9.17) is 5.73 Å². The lowest BCUT2D eigenvalue weighted by Gasteiger charge is -2.43. The molecule has 1 aliphatic heterocycles. The summed E-state index contributed by atoms with van der Waals surface area (Å²) in [5, 5.41) is 0. The van der Waals surface area contributed by atoms with Gasteiger partial charge in [0.1, 0.15) is 0 Å². The molecule has 0 amide bonds. The Hall–Kier alpha value is -1.07. The number of nitrogens with zero attached hydrogens (tertiary/aromatic N) is 1. The van der Waals surface area contributed by atoms with E-state index in [1.54, 1.807) is 12.1 Å². The number of alkyl halides is 3. The van der Waals surface area contributed by atoms with E-state index in [1.165, 1.54) is 12.1 Å². The van der Waals surface area contributed by atoms with Gasteiger partial charge in [-0.1, -0.05) is 12.1 Å². The average Bonchev–Trinajstić information content (AvgIpc) is 2.45. The molecule has 2 rings (SSSR count). The minimum absolute atomic E-state index is 0.117. The van der Waals surface area contributed by atoms with E-state index in [-0.39, 0.29) is 6.04 Å². The molecule has 2 N–H and O–H groups in total. The third-order valence-electron chi connectivity index (χ3n) is 4.34. The van der Waals surface area contributed by atoms with Gasteiger partial charge >= 0.3 is 6.18 Å². The normalized spacial score (nSPS) is 24.5. The molecule has 1 aromatic rings. The molecular weight excluding hydrogens is 277 g/mol. The molecule has 1 fully saturated rings. The van der Waals surface area contributed by atoms with Crippen molar-refractivity contribution in [1.82, 2.24) is 4.90 Å². The number of hydrogen-bond donors (Lipinski definition) is 1. The maximum atomic E-state index is 12.7. The minimum atomic E-state index is -4.28. The van der Waals surface area contributed by atoms with Crippen LogP contribution in [0.1, 0.15) is 43.9 Å². The van der Waals surface area contributed by atoms with Gasteiger partial charge in [0.25, 0.3) is 0 Å². The smallest absolute Gasteiger partial charge is 0.330 e. The summed E-state index contributed by atoms with van der Waals surface area (Å²) < 4.78 is 38.0. The Kier molecular flexibility index (Phi) is 4.94. The zero-order chi connectivity index (χ0) is 15.6. The third kappa shape index (κ3) is 3.58. The maximum Gasteiger partial charge on any atom is 0.416 e. The topological polar surface area (TPSA) is 29.3 Å². The number of piperidine rings is 1. The highest BCUT2D eigenvalue weighted by atomic mass is 19.4. The Morgan fingerprint density at radius 1 is 1.24 bits per heavy atom. The Bertz CT molecular complexity index is 454. The lowest BCUT2D eigenvalue weighted by Crippen LogP contribution is -2.44. The van der Waals surface area contributed by atoms with Crippen molar-refractivity contribution in [3.63, 3.8) is 0 Å². The van der Waals surface area contributed by atoms with Gasteiger partial charge in [-0.3, -0.25) is 4.90 Å². The fourth-order valence-corrected chi connectivity index (χ4v) is 3.26. The van der Waals surface area contributed by atoms with Gasteiger partial charge in [-0.05, 0) is 63.4 Å². The first-order valence-electron chi connectivity index (χ1n) is 7.47. The van der Waals surface area contributed by atoms with Gasteiger partial charge in [-0.15, -0.1) is 0 Å². The zero-order valence-electron chi connectivity index (χ0n) is 12.5. The first kappa shape index (κ1) is 16.3. The first-order valence-corrected chi connectivity index (χ1v) is 7.47. The predicted octanol–water partition coefficient (Wildman–Crippen LogP) is 3.83. The summed E-state index contributed by atoms with van der Waals surface area (Å²) in [7, 11) is 0. The van der Waals surface area contributed by atoms with Crippen LogP contribution in [0.4, 0.5) is 13.2 Å². The van der Waals surface area contributed by atoms with Crippen LogP contribution in [0.3, 0.4) is 0 Å². The van der Waals surface area contributed by atoms with Crippen molar-refractivity contribution in [1.29, 1.82) is 0 Å². The van der Waals surface area contributed by atoms with Crippen LogP contribution in [0.2, 0.25) is 0 Å². The molecule has 0 saturated carbocycles. The third-order valence-corrected chi connectivity index (χ3v) is 4.34. The van der Waals surface area contributed by atoms with Crippen LogP contribution in [0.25, 0.3) is 0 Å². The van der Waals surface area contributed by atoms with Crippen molar-refractivity contribution in [2.45, 2.75) is 44.9 Å². The van der Waals surface area contributed by atoms with Crippen molar-refractivity contribution in [3.8, 4) is 0 Å². The summed E-state index contributed by atoms with van der Waals surface area (Å²) in [4.78, 5) is 2.35. The lowest BCUT2D eigenvalue weighted by molar-refractivity contribution is -0.137. The van der Waals surface area contributed by atoms with Gasteiger partial charge in [0.2, 0.25) is 0 Å². The lowest BCUT2D eigenvalue weighted by atomic mass is 9.83. The zero-order valence-corrected chi connectivity index (χ0v) is 12.5. The molecule has 2 atom stereocenters. The molecule has 1 heterocycles. The molecule has 118 valence electrons. The first-order chi connectivity index (χ1) is 9.84. The summed E-state index contributed by atoms with van der Waals surface area (Å²) in [5.74, 6) is 0.304. The van der Waals surface area contributed by atoms with Crippen LogP contribution in [0.15, 0.2) is 24.3 Å². The quantitative estimate of drug-likeness (QED) is 0.919. The molecule has 1 saturated heterocycles. The molecule has 1 aromatic carbocycles. The molecule has 1 aliphatic rings. The second-order valence-electron chi connectivity index (χ2n) is 6.03. The van der Waals surface area contributed by atoms with Gasteiger partial charge in [0.05, 0.1) is 5.56 Å². The summed E-state index contributed by atoms with van der Waals surface area (Å²) in [6.07, 6.45) is -2.15. The van der Waals surface area contributed by atoms with Crippen molar-refractivity contribution >= 4 is 0 Å². The molecule has 21 heavy (non-hydrogen) atoms. The van der Waals surface area contributed by atoms with E-state index in [9.17, 15) is 13.2 Å². The average molecular weight is 300 g/mol. The molecule has 0 spiro atoms. The Morgan fingerprint density at radius 3 is 2.33 bits per heavy atom. The predicted molar refractivity (Wildman–Crippen MR) is 77.8 cm³/mol. The van der Waals surface area contributed by atoms with Gasteiger partial charge < -0.3 is 5.73 Å². The summed E-state index contributed by atoms with van der Waals surface area (Å²) in [5.41, 5.74) is 6.23. The monoisotopic (exact) mass is 300 g/mol. The van der Waals surface area contributed by atoms with Crippen molar-refractivity contribution < 1.29 is 13.2 Å². The van der Waals surface area contributed by atoms with E-state index < -0.39 is 11.7 Å². The summed E-state index contributed by atoms with van der Waals surface area (Å²) in [6, 6.07) is 6.04. The van der Waals surface area contributed by atoms with E-state index in [1.807, 2.05) is 0 Å². The van der Waals surface area contributed by atoms with Crippen LogP contribution in [-0.4, -0.2) is 24.0 Å². The van der Waals surface area contributed by atoms with Gasteiger partial charge in [-0.25, -0.2) is 0 Å². The Labute approximate surface area is 124 Å². The number of benzene rings is 1. The molecule has 2 unspecified atom stereocenters. The number of likely N-dealkylation sites (tertiary alicyclic amines) is 1. The molecule has 0 bridgehead atoms. The number of rotatable bonds is 3. The van der Waals surface area contributed by atoms with Crippen molar-refractivity contribution in [3.05, 3.63) is 35.4 Å². The molecule has 0 radical (unpaired) electrons. The molecule has 5 heteroatoms. The maximum absolute atomic E-state index is 12.7. The van der Waals surface area contributed by atoms with Crippen LogP contribution in [0, 0.1) is 5.92 Å². The van der Waals surface area contributed by atoms with Crippen molar-refractivity contribution in [2.75, 3.05) is 13.1 Å². The Morgan fingerprint density at radius 2 is 1.86 bits per heavy atom. The number of hydrogen-bond acceptors (Lipinski definition) is 2. The summed E-state index contributed by atoms with van der Waals surface area (Å²) in [6.45, 7) is 5.78. The standard InChI is InChI=1S/C16H23F3N2/c1-11(2)21-9-3-4-13(10-20)15(21)12-5-7-14(8-6-12)16(17,18)19/h5-8,11,13,15H,3-4,9-10,20H2,1-2H3. The van der Waals surface area contributed by atoms with Crippen LogP contribution < -0.4 is 5.73 Å². The largest absolute Gasteiger partial charge is 0.416 e. The summed E-state index contributed by atoms with van der Waals surface area (Å²) >= 11 is 0. The molecular formula is C16H23F3N2. The highest BCUT2D eigenvalue weighted by Crippen LogP contribution is 2.38. The van der Waals surface area contributed by atoms with E-state index in [0.717, 1.165) is 24.9 Å². The molecule has 0 aliphatic carbocycles. The van der Waals surface area contributed by atoms with Gasteiger partial charge in [0, 0.05) is 12.1 Å². The van der Waals surface area contributed by atoms with Gasteiger partial charge in [-0.2, -0.15) is 13.2 Å². The van der Waals surface area contributed by atoms with Gasteiger partial charge in [0.15, 0.2) is 0 Å². The van der Waals surface area contributed by atoms with E-state index >= 15 is 0 Å². The molecule has 0 aromatic heterocycles. The molecule has 2 nitrogen and oxygen atoms in total. The van der Waals surface area contributed by atoms with E-state index in [2.05, 4.69) is 18.7 Å². The van der Waals surface area contributed by atoms with Crippen molar-refractivity contribution in [2.24, 2.45) is 11.7 Å². The number of nitrogens with two attached hydrogens (primary N) is 1. The Balaban J connectivity index is 2.31. The number of halogens is 3. The van der Waals surface area contributed by atoms with Crippen LogP contribution in [-0.2, 0) is 6.18 Å². The van der Waals surface area contributed by atoms with E-state index in [0.29, 0.717) is 18.5 Å². The SMILES string of the molecule is CC(C)N1CCCC(CN)C1c1ccc(C(F)(F)F)cc1.